The average Bonchev–Trinajstić information content (AvgIpc) is 2.48. The zero-order valence-corrected chi connectivity index (χ0v) is 10.6. The number of carbonyl (C=O) groups excluding carboxylic acids is 1. The van der Waals surface area contributed by atoms with Crippen LogP contribution in [0.2, 0.25) is 0 Å². The predicted molar refractivity (Wildman–Crippen MR) is 77.0 cm³/mol. The number of ether oxygens (including phenoxy) is 1. The summed E-state index contributed by atoms with van der Waals surface area (Å²) in [6.07, 6.45) is 0. The van der Waals surface area contributed by atoms with E-state index in [1.54, 1.807) is 36.4 Å². The number of para-hydroxylation sites is 1. The van der Waals surface area contributed by atoms with Gasteiger partial charge in [-0.05, 0) is 29.7 Å². The lowest BCUT2D eigenvalue weighted by atomic mass is 10.1. The van der Waals surface area contributed by atoms with Crippen molar-refractivity contribution in [3.63, 3.8) is 0 Å². The van der Waals surface area contributed by atoms with Gasteiger partial charge in [0, 0.05) is 5.39 Å². The number of hydrogen-bond acceptors (Lipinski definition) is 3. The highest BCUT2D eigenvalue weighted by Gasteiger charge is 2.11. The summed E-state index contributed by atoms with van der Waals surface area (Å²) in [5.74, 6) is 0.0607. The number of hydrogen-bond donors (Lipinski definition) is 1. The molecule has 0 aromatic heterocycles. The van der Waals surface area contributed by atoms with Gasteiger partial charge in [-0.15, -0.1) is 0 Å². The molecule has 0 saturated heterocycles. The van der Waals surface area contributed by atoms with Crippen LogP contribution in [-0.4, -0.2) is 11.1 Å². The Morgan fingerprint density at radius 1 is 0.900 bits per heavy atom. The van der Waals surface area contributed by atoms with Crippen molar-refractivity contribution >= 4 is 16.7 Å². The molecule has 3 rings (SSSR count). The maximum absolute atomic E-state index is 12.1. The largest absolute Gasteiger partial charge is 0.507 e. The van der Waals surface area contributed by atoms with Crippen LogP contribution >= 0.6 is 0 Å². The van der Waals surface area contributed by atoms with Crippen LogP contribution in [0.25, 0.3) is 10.8 Å². The minimum atomic E-state index is -0.489. The zero-order valence-electron chi connectivity index (χ0n) is 10.6. The second-order valence-corrected chi connectivity index (χ2v) is 4.42. The van der Waals surface area contributed by atoms with Crippen molar-refractivity contribution in [2.75, 3.05) is 0 Å². The number of benzene rings is 3. The molecule has 0 aliphatic carbocycles. The fourth-order valence-electron chi connectivity index (χ4n) is 2.06. The predicted octanol–water partition coefficient (Wildman–Crippen LogP) is 3.76. The van der Waals surface area contributed by atoms with Gasteiger partial charge in [0.15, 0.2) is 0 Å². The summed E-state index contributed by atoms with van der Waals surface area (Å²) in [6, 6.07) is 19.3. The maximum Gasteiger partial charge on any atom is 0.343 e. The Hall–Kier alpha value is -2.81. The van der Waals surface area contributed by atoms with E-state index in [2.05, 4.69) is 0 Å². The first kappa shape index (κ1) is 12.2. The smallest absolute Gasteiger partial charge is 0.343 e. The normalized spacial score (nSPS) is 10.4. The van der Waals surface area contributed by atoms with Crippen molar-refractivity contribution in [2.24, 2.45) is 0 Å². The van der Waals surface area contributed by atoms with Gasteiger partial charge in [0.2, 0.25) is 0 Å². The van der Waals surface area contributed by atoms with Gasteiger partial charge in [0.1, 0.15) is 11.5 Å². The van der Waals surface area contributed by atoms with Crippen LogP contribution in [-0.2, 0) is 0 Å². The fraction of sp³-hybridized carbons (Fsp3) is 0. The van der Waals surface area contributed by atoms with Crippen LogP contribution in [0, 0.1) is 0 Å². The molecule has 0 heterocycles. The Morgan fingerprint density at radius 2 is 1.60 bits per heavy atom. The van der Waals surface area contributed by atoms with Gasteiger partial charge >= 0.3 is 5.97 Å². The Bertz CT molecular complexity index is 764. The van der Waals surface area contributed by atoms with Crippen molar-refractivity contribution in [3.05, 3.63) is 72.3 Å². The molecule has 0 fully saturated rings. The summed E-state index contributed by atoms with van der Waals surface area (Å²) in [6.45, 7) is 0. The van der Waals surface area contributed by atoms with Crippen molar-refractivity contribution in [1.82, 2.24) is 0 Å². The number of phenolic OH excluding ortho intramolecular Hbond substituents is 1. The lowest BCUT2D eigenvalue weighted by Crippen LogP contribution is -2.08. The standard InChI is InChI=1S/C17H12O3/c18-16-11-13(10-12-6-4-5-9-15(12)16)17(19)20-14-7-2-1-3-8-14/h1-11,18H. The van der Waals surface area contributed by atoms with Gasteiger partial charge in [-0.2, -0.15) is 0 Å². The first-order chi connectivity index (χ1) is 9.74. The Morgan fingerprint density at radius 3 is 2.40 bits per heavy atom. The van der Waals surface area contributed by atoms with E-state index in [9.17, 15) is 9.90 Å². The third-order valence-corrected chi connectivity index (χ3v) is 3.03. The number of fused-ring (bicyclic) bond motifs is 1. The second kappa shape index (κ2) is 5.05. The number of phenols is 1. The van der Waals surface area contributed by atoms with Crippen LogP contribution in [0.15, 0.2) is 66.7 Å². The molecule has 0 radical (unpaired) electrons. The summed E-state index contributed by atoms with van der Waals surface area (Å²) in [5, 5.41) is 11.5. The van der Waals surface area contributed by atoms with Gasteiger partial charge < -0.3 is 9.84 Å². The molecule has 0 aliphatic rings. The number of esters is 1. The van der Waals surface area contributed by atoms with Gasteiger partial charge in [0.25, 0.3) is 0 Å². The molecule has 3 aromatic carbocycles. The maximum atomic E-state index is 12.1. The molecule has 0 bridgehead atoms. The second-order valence-electron chi connectivity index (χ2n) is 4.42. The molecule has 0 saturated carbocycles. The van der Waals surface area contributed by atoms with Crippen LogP contribution in [0.1, 0.15) is 10.4 Å². The summed E-state index contributed by atoms with van der Waals surface area (Å²) in [4.78, 5) is 12.1. The van der Waals surface area contributed by atoms with E-state index in [0.29, 0.717) is 16.7 Å². The molecule has 3 heteroatoms. The summed E-state index contributed by atoms with van der Waals surface area (Å²) >= 11 is 0. The SMILES string of the molecule is O=C(Oc1ccccc1)c1cc(O)c2ccccc2c1. The molecule has 0 aliphatic heterocycles. The van der Waals surface area contributed by atoms with E-state index in [-0.39, 0.29) is 5.75 Å². The van der Waals surface area contributed by atoms with Crippen molar-refractivity contribution in [3.8, 4) is 11.5 Å². The molecule has 20 heavy (non-hydrogen) atoms. The van der Waals surface area contributed by atoms with Gasteiger partial charge in [0.05, 0.1) is 5.56 Å². The van der Waals surface area contributed by atoms with Crippen LogP contribution in [0.3, 0.4) is 0 Å². The molecule has 98 valence electrons. The lowest BCUT2D eigenvalue weighted by molar-refractivity contribution is 0.0734. The van der Waals surface area contributed by atoms with Crippen molar-refractivity contribution in [2.45, 2.75) is 0 Å². The number of carbonyl (C=O) groups is 1. The summed E-state index contributed by atoms with van der Waals surface area (Å²) in [5.41, 5.74) is 0.324. The molecule has 1 N–H and O–H groups in total. The molecule has 3 nitrogen and oxygen atoms in total. The van der Waals surface area contributed by atoms with Gasteiger partial charge in [-0.25, -0.2) is 4.79 Å². The number of aromatic hydroxyl groups is 1. The Kier molecular flexibility index (Phi) is 3.09. The highest BCUT2D eigenvalue weighted by molar-refractivity contribution is 5.98. The van der Waals surface area contributed by atoms with Gasteiger partial charge in [-0.3, -0.25) is 0 Å². The van der Waals surface area contributed by atoms with E-state index < -0.39 is 5.97 Å². The average molecular weight is 264 g/mol. The van der Waals surface area contributed by atoms with Crippen molar-refractivity contribution < 1.29 is 14.6 Å². The molecule has 0 atom stereocenters. The molecule has 0 spiro atoms. The molecule has 0 unspecified atom stereocenters. The third kappa shape index (κ3) is 2.34. The number of rotatable bonds is 2. The monoisotopic (exact) mass is 264 g/mol. The quantitative estimate of drug-likeness (QED) is 0.566. The minimum Gasteiger partial charge on any atom is -0.507 e. The van der Waals surface area contributed by atoms with E-state index in [4.69, 9.17) is 4.74 Å². The molecular formula is C17H12O3. The van der Waals surface area contributed by atoms with Crippen LogP contribution < -0.4 is 4.74 Å². The Labute approximate surface area is 116 Å². The fourth-order valence-corrected chi connectivity index (χ4v) is 2.06. The molecule has 0 amide bonds. The molecular weight excluding hydrogens is 252 g/mol. The lowest BCUT2D eigenvalue weighted by Gasteiger charge is -2.07. The van der Waals surface area contributed by atoms with Gasteiger partial charge in [-0.1, -0.05) is 42.5 Å². The first-order valence-corrected chi connectivity index (χ1v) is 6.23. The highest BCUT2D eigenvalue weighted by Crippen LogP contribution is 2.26. The van der Waals surface area contributed by atoms with E-state index in [1.807, 2.05) is 24.3 Å². The molecule has 3 aromatic rings. The van der Waals surface area contributed by atoms with E-state index in [1.165, 1.54) is 6.07 Å². The van der Waals surface area contributed by atoms with Crippen LogP contribution in [0.4, 0.5) is 0 Å². The highest BCUT2D eigenvalue weighted by atomic mass is 16.5. The van der Waals surface area contributed by atoms with Crippen LogP contribution in [0.5, 0.6) is 11.5 Å². The zero-order chi connectivity index (χ0) is 13.9. The van der Waals surface area contributed by atoms with Crippen molar-refractivity contribution in [1.29, 1.82) is 0 Å². The Balaban J connectivity index is 1.96. The summed E-state index contributed by atoms with van der Waals surface area (Å²) < 4.78 is 5.25. The first-order valence-electron chi connectivity index (χ1n) is 6.23. The van der Waals surface area contributed by atoms with E-state index >= 15 is 0 Å². The minimum absolute atomic E-state index is 0.0723. The van der Waals surface area contributed by atoms with E-state index in [0.717, 1.165) is 5.39 Å². The summed E-state index contributed by atoms with van der Waals surface area (Å²) in [7, 11) is 0. The topological polar surface area (TPSA) is 46.5 Å². The third-order valence-electron chi connectivity index (χ3n) is 3.03.